The number of nitro benzene ring substituents is 1. The molecule has 0 atom stereocenters. The smallest absolute Gasteiger partial charge is 0.271 e. The first kappa shape index (κ1) is 21.5. The zero-order valence-corrected chi connectivity index (χ0v) is 18.4. The van der Waals surface area contributed by atoms with E-state index >= 15 is 0 Å². The molecule has 32 heavy (non-hydrogen) atoms. The maximum absolute atomic E-state index is 12.7. The van der Waals surface area contributed by atoms with Crippen LogP contribution in [0.4, 0.5) is 11.4 Å². The highest BCUT2D eigenvalue weighted by atomic mass is 32.1. The van der Waals surface area contributed by atoms with Crippen molar-refractivity contribution in [2.45, 2.75) is 19.8 Å². The van der Waals surface area contributed by atoms with Crippen LogP contribution in [-0.4, -0.2) is 22.9 Å². The van der Waals surface area contributed by atoms with Gasteiger partial charge in [-0.05, 0) is 29.3 Å². The minimum atomic E-state index is -0.512. The first-order valence-electron chi connectivity index (χ1n) is 9.98. The Morgan fingerprint density at radius 2 is 1.94 bits per heavy atom. The van der Waals surface area contributed by atoms with E-state index in [1.54, 1.807) is 0 Å². The van der Waals surface area contributed by atoms with E-state index in [0.29, 0.717) is 12.2 Å². The third kappa shape index (κ3) is 4.60. The van der Waals surface area contributed by atoms with Crippen LogP contribution >= 0.6 is 11.3 Å². The fourth-order valence-electron chi connectivity index (χ4n) is 3.58. The standard InChI is InChI=1S/C24H21N3O4S/c1-15-22(14-23(28)26-20-13-18(27(29)30)10-11-21(20)31-2)32-24(25-15)12-17-8-5-7-16-6-3-4-9-19(16)17/h3-11,13H,12,14H2,1-2H3,(H,26,28). The number of nitrogens with zero attached hydrogens (tertiary/aromatic N) is 2. The second-order valence-electron chi connectivity index (χ2n) is 7.30. The van der Waals surface area contributed by atoms with E-state index < -0.39 is 4.92 Å². The number of ether oxygens (including phenoxy) is 1. The van der Waals surface area contributed by atoms with Crippen LogP contribution in [0.3, 0.4) is 0 Å². The van der Waals surface area contributed by atoms with Gasteiger partial charge in [-0.15, -0.1) is 11.3 Å². The molecule has 0 saturated carbocycles. The third-order valence-corrected chi connectivity index (χ3v) is 6.31. The van der Waals surface area contributed by atoms with Crippen molar-refractivity contribution in [1.82, 2.24) is 4.98 Å². The van der Waals surface area contributed by atoms with Gasteiger partial charge in [0.1, 0.15) is 5.75 Å². The number of benzene rings is 3. The third-order valence-electron chi connectivity index (χ3n) is 5.15. The Hall–Kier alpha value is -3.78. The molecule has 0 aliphatic heterocycles. The summed E-state index contributed by atoms with van der Waals surface area (Å²) in [7, 11) is 1.45. The van der Waals surface area contributed by atoms with Gasteiger partial charge in [-0.3, -0.25) is 14.9 Å². The number of thiazole rings is 1. The minimum absolute atomic E-state index is 0.118. The highest BCUT2D eigenvalue weighted by Crippen LogP contribution is 2.30. The average Bonchev–Trinajstić information content (AvgIpc) is 3.12. The molecule has 1 aromatic heterocycles. The zero-order chi connectivity index (χ0) is 22.7. The summed E-state index contributed by atoms with van der Waals surface area (Å²) in [6, 6.07) is 18.6. The van der Waals surface area contributed by atoms with Crippen molar-refractivity contribution >= 4 is 39.4 Å². The maximum atomic E-state index is 12.7. The van der Waals surface area contributed by atoms with Crippen LogP contribution in [0, 0.1) is 17.0 Å². The van der Waals surface area contributed by atoms with Gasteiger partial charge < -0.3 is 10.1 Å². The first-order valence-corrected chi connectivity index (χ1v) is 10.8. The van der Waals surface area contributed by atoms with Crippen molar-refractivity contribution in [3.05, 3.63) is 91.9 Å². The SMILES string of the molecule is COc1ccc([N+](=O)[O-])cc1NC(=O)Cc1sc(Cc2cccc3ccccc23)nc1C. The zero-order valence-electron chi connectivity index (χ0n) is 17.6. The van der Waals surface area contributed by atoms with Crippen LogP contribution in [0.2, 0.25) is 0 Å². The van der Waals surface area contributed by atoms with E-state index in [4.69, 9.17) is 4.74 Å². The molecule has 0 bridgehead atoms. The average molecular weight is 448 g/mol. The lowest BCUT2D eigenvalue weighted by molar-refractivity contribution is -0.384. The summed E-state index contributed by atoms with van der Waals surface area (Å²) in [6.45, 7) is 1.89. The lowest BCUT2D eigenvalue weighted by atomic mass is 10.0. The Morgan fingerprint density at radius 1 is 1.16 bits per heavy atom. The van der Waals surface area contributed by atoms with E-state index in [1.165, 1.54) is 53.0 Å². The molecule has 3 aromatic carbocycles. The predicted octanol–water partition coefficient (Wildman–Crippen LogP) is 5.29. The Labute approximate surface area is 188 Å². The highest BCUT2D eigenvalue weighted by molar-refractivity contribution is 7.11. The Kier molecular flexibility index (Phi) is 6.13. The number of amides is 1. The molecule has 0 spiro atoms. The normalized spacial score (nSPS) is 10.8. The number of anilines is 1. The highest BCUT2D eigenvalue weighted by Gasteiger charge is 2.17. The van der Waals surface area contributed by atoms with E-state index in [9.17, 15) is 14.9 Å². The maximum Gasteiger partial charge on any atom is 0.271 e. The van der Waals surface area contributed by atoms with E-state index in [-0.39, 0.29) is 23.7 Å². The second kappa shape index (κ2) is 9.15. The number of hydrogen-bond acceptors (Lipinski definition) is 6. The van der Waals surface area contributed by atoms with Crippen LogP contribution in [0.25, 0.3) is 10.8 Å². The fraction of sp³-hybridized carbons (Fsp3) is 0.167. The molecule has 0 saturated heterocycles. The molecule has 0 fully saturated rings. The number of nitro groups is 1. The molecular formula is C24H21N3O4S. The van der Waals surface area contributed by atoms with Gasteiger partial charge in [0.25, 0.3) is 5.69 Å². The summed E-state index contributed by atoms with van der Waals surface area (Å²) >= 11 is 1.51. The number of rotatable bonds is 7. The van der Waals surface area contributed by atoms with Gasteiger partial charge in [-0.2, -0.15) is 0 Å². The predicted molar refractivity (Wildman–Crippen MR) is 126 cm³/mol. The van der Waals surface area contributed by atoms with Crippen molar-refractivity contribution < 1.29 is 14.5 Å². The Balaban J connectivity index is 1.51. The second-order valence-corrected chi connectivity index (χ2v) is 8.47. The summed E-state index contributed by atoms with van der Waals surface area (Å²) in [4.78, 5) is 28.7. The summed E-state index contributed by atoms with van der Waals surface area (Å²) in [5.41, 5.74) is 2.15. The van der Waals surface area contributed by atoms with E-state index in [0.717, 1.165) is 15.6 Å². The molecule has 1 heterocycles. The number of carbonyl (C=O) groups excluding carboxylic acids is 1. The molecule has 0 unspecified atom stereocenters. The van der Waals surface area contributed by atoms with E-state index in [2.05, 4.69) is 34.6 Å². The quantitative estimate of drug-likeness (QED) is 0.307. The van der Waals surface area contributed by atoms with Crippen LogP contribution in [0.5, 0.6) is 5.75 Å². The molecule has 1 amide bonds. The number of non-ortho nitro benzene ring substituents is 1. The first-order chi connectivity index (χ1) is 15.4. The molecule has 0 aliphatic carbocycles. The molecule has 4 rings (SSSR count). The van der Waals surface area contributed by atoms with Gasteiger partial charge in [-0.1, -0.05) is 42.5 Å². The minimum Gasteiger partial charge on any atom is -0.495 e. The number of nitrogens with one attached hydrogen (secondary N) is 1. The van der Waals surface area contributed by atoms with Crippen molar-refractivity contribution in [2.24, 2.45) is 0 Å². The van der Waals surface area contributed by atoms with Crippen molar-refractivity contribution in [1.29, 1.82) is 0 Å². The topological polar surface area (TPSA) is 94.4 Å². The number of aryl methyl sites for hydroxylation is 1. The van der Waals surface area contributed by atoms with Gasteiger partial charge in [0.2, 0.25) is 5.91 Å². The molecule has 0 aliphatic rings. The molecule has 0 radical (unpaired) electrons. The van der Waals surface area contributed by atoms with Crippen LogP contribution < -0.4 is 10.1 Å². The molecule has 4 aromatic rings. The molecule has 1 N–H and O–H groups in total. The number of aromatic nitrogens is 1. The number of methoxy groups -OCH3 is 1. The van der Waals surface area contributed by atoms with Crippen molar-refractivity contribution in [2.75, 3.05) is 12.4 Å². The Bertz CT molecular complexity index is 1310. The van der Waals surface area contributed by atoms with E-state index in [1.807, 2.05) is 25.1 Å². The van der Waals surface area contributed by atoms with Gasteiger partial charge >= 0.3 is 0 Å². The summed E-state index contributed by atoms with van der Waals surface area (Å²) in [5, 5.41) is 17.1. The van der Waals surface area contributed by atoms with Gasteiger partial charge in [-0.25, -0.2) is 4.98 Å². The number of hydrogen-bond donors (Lipinski definition) is 1. The lowest BCUT2D eigenvalue weighted by Crippen LogP contribution is -2.15. The van der Waals surface area contributed by atoms with Gasteiger partial charge in [0.05, 0.1) is 34.8 Å². The lowest BCUT2D eigenvalue weighted by Gasteiger charge is -2.09. The number of fused-ring (bicyclic) bond motifs is 1. The van der Waals surface area contributed by atoms with Crippen molar-refractivity contribution in [3.63, 3.8) is 0 Å². The summed E-state index contributed by atoms with van der Waals surface area (Å²) in [5.74, 6) is 0.0777. The Morgan fingerprint density at radius 3 is 2.72 bits per heavy atom. The summed E-state index contributed by atoms with van der Waals surface area (Å²) in [6.07, 6.45) is 0.818. The molecule has 8 heteroatoms. The monoisotopic (exact) mass is 447 g/mol. The van der Waals surface area contributed by atoms with Crippen LogP contribution in [-0.2, 0) is 17.6 Å². The largest absolute Gasteiger partial charge is 0.495 e. The van der Waals surface area contributed by atoms with Crippen LogP contribution in [0.15, 0.2) is 60.7 Å². The number of carbonyl (C=O) groups is 1. The molecule has 7 nitrogen and oxygen atoms in total. The van der Waals surface area contributed by atoms with Gasteiger partial charge in [0, 0.05) is 23.4 Å². The summed E-state index contributed by atoms with van der Waals surface area (Å²) < 4.78 is 5.21. The fourth-order valence-corrected chi connectivity index (χ4v) is 4.68. The van der Waals surface area contributed by atoms with Gasteiger partial charge in [0.15, 0.2) is 0 Å². The van der Waals surface area contributed by atoms with Crippen molar-refractivity contribution in [3.8, 4) is 5.75 Å². The molecular weight excluding hydrogens is 426 g/mol. The molecule has 162 valence electrons. The van der Waals surface area contributed by atoms with Crippen LogP contribution in [0.1, 0.15) is 21.1 Å².